The Labute approximate surface area is 195 Å². The lowest BCUT2D eigenvalue weighted by atomic mass is 10.2. The molecule has 0 radical (unpaired) electrons. The number of nitrogens with zero attached hydrogens (tertiary/aromatic N) is 1. The highest BCUT2D eigenvalue weighted by Crippen LogP contribution is 2.40. The van der Waals surface area contributed by atoms with Crippen molar-refractivity contribution >= 4 is 55.4 Å². The molecule has 32 heavy (non-hydrogen) atoms. The van der Waals surface area contributed by atoms with E-state index in [2.05, 4.69) is 10.0 Å². The monoisotopic (exact) mass is 575 g/mol. The van der Waals surface area contributed by atoms with Gasteiger partial charge in [0.15, 0.2) is 0 Å². The first-order chi connectivity index (χ1) is 15.1. The quantitative estimate of drug-likeness (QED) is 0.200. The van der Waals surface area contributed by atoms with Gasteiger partial charge in [0.1, 0.15) is 23.1 Å². The van der Waals surface area contributed by atoms with Crippen molar-refractivity contribution in [2.45, 2.75) is 6.92 Å². The fraction of sp³-hybridized carbons (Fsp3) is 0.100. The maximum atomic E-state index is 14.3. The summed E-state index contributed by atoms with van der Waals surface area (Å²) >= 11 is 1.91. The van der Waals surface area contributed by atoms with E-state index in [1.54, 1.807) is 6.07 Å². The number of hydrogen-bond acceptors (Lipinski definition) is 6. The molecule has 0 unspecified atom stereocenters. The van der Waals surface area contributed by atoms with Crippen LogP contribution in [0.1, 0.15) is 6.92 Å². The Balaban J connectivity index is 2.00. The first-order valence-corrected chi connectivity index (χ1v) is 11.8. The molecular formula is C20H16F2IN3O5S. The summed E-state index contributed by atoms with van der Waals surface area (Å²) in [4.78, 5) is 11.0. The molecule has 12 heteroatoms. The first-order valence-electron chi connectivity index (χ1n) is 9.06. The Bertz CT molecular complexity index is 1290. The van der Waals surface area contributed by atoms with Crippen molar-refractivity contribution in [3.8, 4) is 11.5 Å². The topological polar surface area (TPSA) is 111 Å². The second-order valence-electron chi connectivity index (χ2n) is 6.44. The van der Waals surface area contributed by atoms with E-state index >= 15 is 0 Å². The van der Waals surface area contributed by atoms with Gasteiger partial charge in [0.25, 0.3) is 0 Å². The van der Waals surface area contributed by atoms with Gasteiger partial charge in [0.2, 0.25) is 15.8 Å². The van der Waals surface area contributed by atoms with Gasteiger partial charge in [-0.2, -0.15) is 0 Å². The molecule has 0 saturated carbocycles. The minimum atomic E-state index is -3.56. The van der Waals surface area contributed by atoms with Crippen LogP contribution in [0.5, 0.6) is 11.5 Å². The van der Waals surface area contributed by atoms with Crippen molar-refractivity contribution in [1.82, 2.24) is 0 Å². The first kappa shape index (κ1) is 23.7. The largest absolute Gasteiger partial charge is 0.450 e. The van der Waals surface area contributed by atoms with E-state index in [0.29, 0.717) is 3.57 Å². The Morgan fingerprint density at radius 2 is 1.84 bits per heavy atom. The minimum Gasteiger partial charge on any atom is -0.450 e. The smallest absolute Gasteiger partial charge is 0.334 e. The van der Waals surface area contributed by atoms with Crippen molar-refractivity contribution in [2.75, 3.05) is 15.8 Å². The van der Waals surface area contributed by atoms with E-state index < -0.39 is 38.0 Å². The van der Waals surface area contributed by atoms with Gasteiger partial charge in [0, 0.05) is 21.8 Å². The number of nitro benzene ring substituents is 1. The molecule has 0 aliphatic heterocycles. The normalized spacial score (nSPS) is 11.1. The van der Waals surface area contributed by atoms with E-state index in [1.807, 2.05) is 22.6 Å². The Kier molecular flexibility index (Phi) is 7.13. The number of rotatable bonds is 8. The molecule has 0 aromatic heterocycles. The Hall–Kier alpha value is -3.00. The molecule has 0 aliphatic rings. The van der Waals surface area contributed by atoms with Crippen LogP contribution in [0.2, 0.25) is 0 Å². The van der Waals surface area contributed by atoms with Gasteiger partial charge in [-0.1, -0.05) is 6.07 Å². The summed E-state index contributed by atoms with van der Waals surface area (Å²) in [5.74, 6) is -2.10. The lowest BCUT2D eigenvalue weighted by Gasteiger charge is -2.13. The molecule has 0 heterocycles. The summed E-state index contributed by atoms with van der Waals surface area (Å²) in [5, 5.41) is 14.3. The highest BCUT2D eigenvalue weighted by Gasteiger charge is 2.25. The molecular weight excluding hydrogens is 559 g/mol. The molecule has 0 atom stereocenters. The van der Waals surface area contributed by atoms with Gasteiger partial charge in [-0.3, -0.25) is 14.8 Å². The van der Waals surface area contributed by atoms with Crippen LogP contribution in [0.15, 0.2) is 54.6 Å². The summed E-state index contributed by atoms with van der Waals surface area (Å²) in [7, 11) is -3.56. The van der Waals surface area contributed by atoms with Crippen LogP contribution in [0.25, 0.3) is 0 Å². The predicted octanol–water partition coefficient (Wildman–Crippen LogP) is 5.78. The molecule has 3 aromatic carbocycles. The van der Waals surface area contributed by atoms with Gasteiger partial charge in [-0.05, 0) is 59.8 Å². The molecule has 168 valence electrons. The standard InChI is InChI=1S/C20H16F2IN3O5S/c1-2-32(29,30)25-14-4-3-5-15(11-14)31-19-9-12(21)8-18(20(19)26(27)28)24-17-7-6-13(23)10-16(17)22/h3-11,24-25H,2H2,1H3. The second-order valence-corrected chi connectivity index (χ2v) is 9.70. The van der Waals surface area contributed by atoms with E-state index in [-0.39, 0.29) is 28.6 Å². The molecule has 2 N–H and O–H groups in total. The van der Waals surface area contributed by atoms with Crippen LogP contribution in [0, 0.1) is 25.3 Å². The van der Waals surface area contributed by atoms with Gasteiger partial charge >= 0.3 is 5.69 Å². The molecule has 0 spiro atoms. The van der Waals surface area contributed by atoms with E-state index in [1.165, 1.54) is 43.3 Å². The molecule has 0 amide bonds. The zero-order valence-electron chi connectivity index (χ0n) is 16.4. The molecule has 0 fully saturated rings. The molecule has 8 nitrogen and oxygen atoms in total. The van der Waals surface area contributed by atoms with E-state index in [4.69, 9.17) is 4.74 Å². The number of benzene rings is 3. The highest BCUT2D eigenvalue weighted by molar-refractivity contribution is 14.1. The van der Waals surface area contributed by atoms with Crippen LogP contribution in [0.4, 0.5) is 31.5 Å². The average molecular weight is 575 g/mol. The maximum Gasteiger partial charge on any atom is 0.334 e. The molecule has 3 rings (SSSR count). The number of ether oxygens (including phenoxy) is 1. The van der Waals surface area contributed by atoms with Crippen LogP contribution < -0.4 is 14.8 Å². The number of nitro groups is 1. The van der Waals surface area contributed by atoms with Crippen LogP contribution in [0.3, 0.4) is 0 Å². The highest BCUT2D eigenvalue weighted by atomic mass is 127. The van der Waals surface area contributed by atoms with Gasteiger partial charge in [-0.15, -0.1) is 0 Å². The van der Waals surface area contributed by atoms with Gasteiger partial charge in [-0.25, -0.2) is 17.2 Å². The molecule has 0 aliphatic carbocycles. The summed E-state index contributed by atoms with van der Waals surface area (Å²) < 4.78 is 60.5. The maximum absolute atomic E-state index is 14.3. The second kappa shape index (κ2) is 9.65. The number of nitrogens with one attached hydrogen (secondary N) is 2. The third-order valence-electron chi connectivity index (χ3n) is 4.14. The number of anilines is 3. The third-order valence-corrected chi connectivity index (χ3v) is 6.12. The fourth-order valence-electron chi connectivity index (χ4n) is 2.67. The summed E-state index contributed by atoms with van der Waals surface area (Å²) in [6.07, 6.45) is 0. The summed E-state index contributed by atoms with van der Waals surface area (Å²) in [6.45, 7) is 1.46. The van der Waals surface area contributed by atoms with Crippen LogP contribution >= 0.6 is 22.6 Å². The molecule has 0 bridgehead atoms. The number of sulfonamides is 1. The minimum absolute atomic E-state index is 0.0291. The Morgan fingerprint density at radius 3 is 2.50 bits per heavy atom. The Morgan fingerprint density at radius 1 is 1.09 bits per heavy atom. The van der Waals surface area contributed by atoms with E-state index in [0.717, 1.165) is 12.1 Å². The number of halogens is 3. The molecule has 0 saturated heterocycles. The van der Waals surface area contributed by atoms with Crippen molar-refractivity contribution < 1.29 is 26.9 Å². The molecule has 3 aromatic rings. The summed E-state index contributed by atoms with van der Waals surface area (Å²) in [5.41, 5.74) is -0.847. The van der Waals surface area contributed by atoms with Crippen molar-refractivity contribution in [1.29, 1.82) is 0 Å². The average Bonchev–Trinajstić information content (AvgIpc) is 2.69. The van der Waals surface area contributed by atoms with Crippen molar-refractivity contribution in [2.24, 2.45) is 0 Å². The van der Waals surface area contributed by atoms with Gasteiger partial charge in [0.05, 0.1) is 22.1 Å². The third kappa shape index (κ3) is 5.82. The zero-order chi connectivity index (χ0) is 23.5. The van der Waals surface area contributed by atoms with E-state index in [9.17, 15) is 27.3 Å². The van der Waals surface area contributed by atoms with Crippen LogP contribution in [-0.2, 0) is 10.0 Å². The van der Waals surface area contributed by atoms with Crippen molar-refractivity contribution in [3.63, 3.8) is 0 Å². The van der Waals surface area contributed by atoms with Crippen LogP contribution in [-0.4, -0.2) is 19.1 Å². The zero-order valence-corrected chi connectivity index (χ0v) is 19.4. The lowest BCUT2D eigenvalue weighted by molar-refractivity contribution is -0.384. The van der Waals surface area contributed by atoms with Crippen molar-refractivity contribution in [3.05, 3.63) is 79.9 Å². The number of hydrogen-bond donors (Lipinski definition) is 2. The fourth-order valence-corrected chi connectivity index (χ4v) is 3.76. The van der Waals surface area contributed by atoms with Gasteiger partial charge < -0.3 is 10.1 Å². The lowest BCUT2D eigenvalue weighted by Crippen LogP contribution is -2.14. The summed E-state index contributed by atoms with van der Waals surface area (Å²) in [6, 6.07) is 11.5. The predicted molar refractivity (Wildman–Crippen MR) is 125 cm³/mol. The SMILES string of the molecule is CCS(=O)(=O)Nc1cccc(Oc2cc(F)cc(Nc3ccc(I)cc3F)c2[N+](=O)[O-])c1.